The van der Waals surface area contributed by atoms with E-state index in [4.69, 9.17) is 42.0 Å². The zero-order valence-corrected chi connectivity index (χ0v) is 40.7. The van der Waals surface area contributed by atoms with Gasteiger partial charge >= 0.3 is 36.0 Å². The Kier molecular flexibility index (Phi) is 28.2. The number of phosphoric acid groups is 1. The van der Waals surface area contributed by atoms with Crippen molar-refractivity contribution in [3.05, 3.63) is 12.2 Å². The third kappa shape index (κ3) is 28.2. The molecule has 0 aromatic carbocycles. The molecule has 0 spiro atoms. The summed E-state index contributed by atoms with van der Waals surface area (Å²) in [5.41, 5.74) is 0. The van der Waals surface area contributed by atoms with E-state index < -0.39 is 61.2 Å². The van der Waals surface area contributed by atoms with Crippen molar-refractivity contribution in [2.24, 2.45) is 0 Å². The average Bonchev–Trinajstić information content (AvgIpc) is 3.49. The van der Waals surface area contributed by atoms with Crippen LogP contribution in [0.4, 0.5) is 0 Å². The van der Waals surface area contributed by atoms with Crippen molar-refractivity contribution in [2.45, 2.75) is 179 Å². The fourth-order valence-electron chi connectivity index (χ4n) is 7.50. The highest BCUT2D eigenvalue weighted by molar-refractivity contribution is 7.83. The van der Waals surface area contributed by atoms with Gasteiger partial charge in [0.15, 0.2) is 11.9 Å². The molecule has 7 atom stereocenters. The lowest BCUT2D eigenvalue weighted by atomic mass is 9.94. The van der Waals surface area contributed by atoms with Gasteiger partial charge in [-0.1, -0.05) is 76.7 Å². The highest BCUT2D eigenvalue weighted by atomic mass is 32.2. The molecule has 2 aliphatic heterocycles. The lowest BCUT2D eigenvalue weighted by molar-refractivity contribution is -0.870. The fraction of sp³-hybridized carbons (Fsp3) is 0.884. The summed E-state index contributed by atoms with van der Waals surface area (Å²) in [6, 6.07) is -0.871. The monoisotopic (exact) mass is 958 g/mol. The summed E-state index contributed by atoms with van der Waals surface area (Å²) in [5, 5.41) is 11.0. The van der Waals surface area contributed by atoms with E-state index in [2.05, 4.69) is 0 Å². The first-order valence-electron chi connectivity index (χ1n) is 23.1. The number of allylic oxidation sites excluding steroid dienone is 1. The number of rotatable bonds is 38. The van der Waals surface area contributed by atoms with Crippen molar-refractivity contribution in [3.8, 4) is 0 Å². The molecule has 2 aliphatic rings. The maximum Gasteiger partial charge on any atom is 0.472 e. The van der Waals surface area contributed by atoms with Crippen molar-refractivity contribution in [1.29, 1.82) is 0 Å². The molecule has 2 bridgehead atoms. The molecule has 0 aliphatic carbocycles. The number of carbonyl (C=O) groups excluding carboxylic acids is 3. The third-order valence-corrected chi connectivity index (χ3v) is 12.5. The van der Waals surface area contributed by atoms with Crippen LogP contribution in [0.2, 0.25) is 0 Å². The first-order valence-corrected chi connectivity index (χ1v) is 26.0. The van der Waals surface area contributed by atoms with Crippen LogP contribution in [0, 0.1) is 0 Å². The van der Waals surface area contributed by atoms with Crippen molar-refractivity contribution in [2.75, 3.05) is 67.3 Å². The van der Waals surface area contributed by atoms with E-state index in [0.717, 1.165) is 70.6 Å². The zero-order chi connectivity index (χ0) is 47.5. The Balaban J connectivity index is 1.63. The van der Waals surface area contributed by atoms with E-state index in [1.54, 1.807) is 6.08 Å². The summed E-state index contributed by atoms with van der Waals surface area (Å²) >= 11 is 0. The maximum absolute atomic E-state index is 12.5. The average molecular weight is 959 g/mol. The van der Waals surface area contributed by atoms with Crippen molar-refractivity contribution in [3.63, 3.8) is 0 Å². The zero-order valence-electron chi connectivity index (χ0n) is 39.0. The van der Waals surface area contributed by atoms with Gasteiger partial charge in [0.1, 0.15) is 32.0 Å². The number of ether oxygens (including phenoxy) is 6. The van der Waals surface area contributed by atoms with Crippen molar-refractivity contribution in [1.82, 2.24) is 4.72 Å². The Bertz CT molecular complexity index is 1530. The van der Waals surface area contributed by atoms with Crippen LogP contribution in [0.25, 0.3) is 0 Å². The summed E-state index contributed by atoms with van der Waals surface area (Å²) in [6.45, 7) is 2.35. The normalized spacial score (nSPS) is 22.0. The van der Waals surface area contributed by atoms with Gasteiger partial charge in [0.05, 0.1) is 33.9 Å². The Morgan fingerprint density at radius 3 is 2.12 bits per heavy atom. The number of esters is 3. The molecule has 2 rings (SSSR count). The highest BCUT2D eigenvalue weighted by Gasteiger charge is 2.54. The predicted octanol–water partition coefficient (Wildman–Crippen LogP) is 5.22. The SMILES string of the molecule is CC(=O)OC[C@H](COP(=O)(O)OCC[N+](C)(C)C)OC(=O)/C=C/CCCCC[C@H]1O[C@]2(CCCCCCCCCCCCCOCC[C@@H](C[O-])NS(=O)(=O)O)CC[C@@H](OC(C)=O)[C@@H]1O2. The van der Waals surface area contributed by atoms with E-state index in [-0.39, 0.29) is 50.5 Å². The molecule has 64 heavy (non-hydrogen) atoms. The minimum absolute atomic E-state index is 0.0248. The second kappa shape index (κ2) is 31.1. The molecule has 3 N–H and O–H groups in total. The molecule has 374 valence electrons. The van der Waals surface area contributed by atoms with Gasteiger partial charge in [-0.2, -0.15) is 13.1 Å². The number of nitrogens with zero attached hydrogens (tertiary/aromatic N) is 1. The van der Waals surface area contributed by atoms with E-state index in [0.29, 0.717) is 36.9 Å². The summed E-state index contributed by atoms with van der Waals surface area (Å²) in [7, 11) is -3.10. The molecule has 2 heterocycles. The second-order valence-corrected chi connectivity index (χ2v) is 20.5. The second-order valence-electron chi connectivity index (χ2n) is 17.8. The van der Waals surface area contributed by atoms with Gasteiger partial charge < -0.3 is 42.9 Å². The van der Waals surface area contributed by atoms with Gasteiger partial charge in [-0.05, 0) is 44.9 Å². The summed E-state index contributed by atoms with van der Waals surface area (Å²) in [6.07, 6.45) is 19.6. The van der Waals surface area contributed by atoms with Crippen LogP contribution in [0.5, 0.6) is 0 Å². The number of carbonyl (C=O) groups is 3. The predicted molar refractivity (Wildman–Crippen MR) is 235 cm³/mol. The smallest absolute Gasteiger partial charge is 0.472 e. The van der Waals surface area contributed by atoms with Crippen LogP contribution in [-0.4, -0.2) is 144 Å². The topological polar surface area (TPSA) is 252 Å². The number of fused-ring (bicyclic) bond motifs is 2. The number of nitrogens with one attached hydrogen (secondary N) is 1. The fourth-order valence-corrected chi connectivity index (χ4v) is 8.85. The quantitative estimate of drug-likeness (QED) is 0.0136. The third-order valence-electron chi connectivity index (χ3n) is 10.9. The van der Waals surface area contributed by atoms with E-state index in [1.807, 2.05) is 25.9 Å². The van der Waals surface area contributed by atoms with Crippen molar-refractivity contribution >= 4 is 36.0 Å². The first kappa shape index (κ1) is 58.1. The lowest BCUT2D eigenvalue weighted by Gasteiger charge is -2.35. The Labute approximate surface area is 381 Å². The molecule has 1 unspecified atom stereocenters. The van der Waals surface area contributed by atoms with Crippen LogP contribution in [0.3, 0.4) is 0 Å². The Morgan fingerprint density at radius 2 is 1.52 bits per heavy atom. The molecule has 0 aromatic rings. The van der Waals surface area contributed by atoms with E-state index in [1.165, 1.54) is 52.0 Å². The van der Waals surface area contributed by atoms with Crippen LogP contribution < -0.4 is 9.83 Å². The lowest BCUT2D eigenvalue weighted by Crippen LogP contribution is -2.43. The Morgan fingerprint density at radius 1 is 0.875 bits per heavy atom. The molecule has 0 radical (unpaired) electrons. The standard InChI is InChI=1S/C43H79N2O17PS/c1-35(47)56-33-38(34-58-63(50,51)57-31-28-45(3,4)5)60-41(49)23-19-15-13-14-18-22-40-42-39(59-36(2)48)24-27-43(61-40,62-42)26-20-16-11-9-7-6-8-10-12-17-21-29-55-30-25-37(32-46)44-64(52,53)54/h19,23,37-40,42,44H,6-18,20-22,24-34H2,1-5H3,(H,50,51)(H,52,53,54)/b23-19+/t37-,38+,39+,40+,42-,43-/m0/s1. The van der Waals surface area contributed by atoms with Gasteiger partial charge in [0.25, 0.3) is 0 Å². The molecule has 2 fully saturated rings. The minimum Gasteiger partial charge on any atom is -0.853 e. The van der Waals surface area contributed by atoms with E-state index >= 15 is 0 Å². The molecule has 0 aromatic heterocycles. The van der Waals surface area contributed by atoms with Crippen LogP contribution in [-0.2, 0) is 66.7 Å². The number of hydrogen-bond donors (Lipinski definition) is 3. The highest BCUT2D eigenvalue weighted by Crippen LogP contribution is 2.46. The van der Waals surface area contributed by atoms with Crippen LogP contribution in [0.1, 0.15) is 142 Å². The van der Waals surface area contributed by atoms with E-state index in [9.17, 15) is 37.4 Å². The van der Waals surface area contributed by atoms with Crippen molar-refractivity contribution < 1.29 is 83.9 Å². The molecular formula is C43H79N2O17PS. The molecule has 21 heteroatoms. The number of likely N-dealkylation sites (N-methyl/N-ethyl adjacent to an activating group) is 1. The first-order chi connectivity index (χ1) is 30.2. The molecule has 2 saturated heterocycles. The summed E-state index contributed by atoms with van der Waals surface area (Å²) in [4.78, 5) is 45.8. The van der Waals surface area contributed by atoms with Gasteiger partial charge in [-0.3, -0.25) is 23.2 Å². The molecule has 19 nitrogen and oxygen atoms in total. The molecule has 0 amide bonds. The van der Waals surface area contributed by atoms with Gasteiger partial charge in [0, 0.05) is 52.0 Å². The molecule has 0 saturated carbocycles. The van der Waals surface area contributed by atoms with Crippen LogP contribution >= 0.6 is 7.82 Å². The Hall–Kier alpha value is -2.07. The number of hydrogen-bond acceptors (Lipinski definition) is 15. The number of unbranched alkanes of at least 4 members (excludes halogenated alkanes) is 13. The van der Waals surface area contributed by atoms with Crippen LogP contribution in [0.15, 0.2) is 12.2 Å². The number of phosphoric ester groups is 1. The largest absolute Gasteiger partial charge is 0.853 e. The van der Waals surface area contributed by atoms with Gasteiger partial charge in [-0.15, -0.1) is 6.61 Å². The summed E-state index contributed by atoms with van der Waals surface area (Å²) in [5.74, 6) is -2.30. The number of quaternary nitrogens is 1. The van der Waals surface area contributed by atoms with Gasteiger partial charge in [-0.25, -0.2) is 9.36 Å². The summed E-state index contributed by atoms with van der Waals surface area (Å²) < 4.78 is 89.7. The minimum atomic E-state index is -4.43. The molecular weight excluding hydrogens is 880 g/mol. The van der Waals surface area contributed by atoms with Gasteiger partial charge in [0.2, 0.25) is 0 Å². The maximum atomic E-state index is 12.5.